The fourth-order valence-corrected chi connectivity index (χ4v) is 5.26. The minimum absolute atomic E-state index is 0.0174. The van der Waals surface area contributed by atoms with E-state index >= 15 is 0 Å². The topological polar surface area (TPSA) is 84.9 Å². The van der Waals surface area contributed by atoms with Crippen LogP contribution in [0.1, 0.15) is 32.1 Å². The number of nitrogens with one attached hydrogen (secondary N) is 1. The maximum absolute atomic E-state index is 12.8. The highest BCUT2D eigenvalue weighted by atomic mass is 35.5. The highest BCUT2D eigenvalue weighted by molar-refractivity contribution is 7.89. The zero-order chi connectivity index (χ0) is 19.3. The number of ether oxygens (including phenoxy) is 2. The van der Waals surface area contributed by atoms with Gasteiger partial charge in [0.25, 0.3) is 5.91 Å². The molecule has 0 aromatic heterocycles. The predicted octanol–water partition coefficient (Wildman–Crippen LogP) is 2.19. The molecule has 3 rings (SSSR count). The molecule has 2 fully saturated rings. The van der Waals surface area contributed by atoms with Crippen LogP contribution in [0.15, 0.2) is 23.1 Å². The van der Waals surface area contributed by atoms with Crippen molar-refractivity contribution in [2.45, 2.75) is 43.0 Å². The number of morpholine rings is 1. The zero-order valence-corrected chi connectivity index (χ0v) is 16.7. The van der Waals surface area contributed by atoms with Crippen molar-refractivity contribution in [2.75, 3.05) is 32.9 Å². The Morgan fingerprint density at radius 2 is 1.93 bits per heavy atom. The van der Waals surface area contributed by atoms with Crippen LogP contribution in [0.25, 0.3) is 0 Å². The normalized spacial score (nSPS) is 19.6. The van der Waals surface area contributed by atoms with Gasteiger partial charge in [0, 0.05) is 25.2 Å². The van der Waals surface area contributed by atoms with Crippen LogP contribution >= 0.6 is 11.6 Å². The lowest BCUT2D eigenvalue weighted by Crippen LogP contribution is -2.40. The van der Waals surface area contributed by atoms with E-state index in [2.05, 4.69) is 5.32 Å². The summed E-state index contributed by atoms with van der Waals surface area (Å²) in [6.07, 6.45) is 5.47. The van der Waals surface area contributed by atoms with E-state index in [-0.39, 0.29) is 41.6 Å². The first-order valence-corrected chi connectivity index (χ1v) is 11.1. The Morgan fingerprint density at radius 1 is 1.22 bits per heavy atom. The quantitative estimate of drug-likeness (QED) is 0.768. The second-order valence-electron chi connectivity index (χ2n) is 6.80. The molecule has 7 nitrogen and oxygen atoms in total. The lowest BCUT2D eigenvalue weighted by atomic mass is 9.95. The number of rotatable bonds is 6. The van der Waals surface area contributed by atoms with E-state index in [9.17, 15) is 13.2 Å². The molecule has 1 aromatic carbocycles. The Hall–Kier alpha value is -1.35. The summed E-state index contributed by atoms with van der Waals surface area (Å²) in [6, 6.07) is 4.62. The Labute approximate surface area is 165 Å². The van der Waals surface area contributed by atoms with Crippen molar-refractivity contribution < 1.29 is 22.7 Å². The van der Waals surface area contributed by atoms with Crippen molar-refractivity contribution in [3.8, 4) is 5.75 Å². The van der Waals surface area contributed by atoms with Crippen LogP contribution in [-0.2, 0) is 19.6 Å². The van der Waals surface area contributed by atoms with Gasteiger partial charge in [-0.25, -0.2) is 8.42 Å². The molecule has 1 heterocycles. The molecule has 1 aliphatic carbocycles. The molecular weight excluding hydrogens is 392 g/mol. The maximum atomic E-state index is 12.8. The van der Waals surface area contributed by atoms with Crippen LogP contribution in [0.4, 0.5) is 0 Å². The monoisotopic (exact) mass is 416 g/mol. The van der Waals surface area contributed by atoms with Crippen molar-refractivity contribution in [2.24, 2.45) is 0 Å². The van der Waals surface area contributed by atoms with Gasteiger partial charge < -0.3 is 14.8 Å². The highest BCUT2D eigenvalue weighted by Gasteiger charge is 2.29. The molecule has 0 radical (unpaired) electrons. The van der Waals surface area contributed by atoms with E-state index in [1.54, 1.807) is 6.07 Å². The minimum atomic E-state index is -3.74. The van der Waals surface area contributed by atoms with Crippen molar-refractivity contribution in [1.82, 2.24) is 9.62 Å². The summed E-state index contributed by atoms with van der Waals surface area (Å²) in [5, 5.41) is 3.09. The van der Waals surface area contributed by atoms with Gasteiger partial charge in [0.2, 0.25) is 10.0 Å². The van der Waals surface area contributed by atoms with Crippen LogP contribution in [0.5, 0.6) is 5.75 Å². The molecule has 1 aromatic rings. The fraction of sp³-hybridized carbons (Fsp3) is 0.611. The third-order valence-corrected chi connectivity index (χ3v) is 7.21. The van der Waals surface area contributed by atoms with Crippen molar-refractivity contribution in [1.29, 1.82) is 0 Å². The molecule has 1 saturated carbocycles. The minimum Gasteiger partial charge on any atom is -0.484 e. The highest BCUT2D eigenvalue weighted by Crippen LogP contribution is 2.29. The van der Waals surface area contributed by atoms with Crippen molar-refractivity contribution >= 4 is 27.5 Å². The number of hydrogen-bond donors (Lipinski definition) is 1. The van der Waals surface area contributed by atoms with Gasteiger partial charge >= 0.3 is 0 Å². The van der Waals surface area contributed by atoms with E-state index in [1.807, 2.05) is 0 Å². The summed E-state index contributed by atoms with van der Waals surface area (Å²) in [4.78, 5) is 12.1. The van der Waals surface area contributed by atoms with E-state index in [0.717, 1.165) is 25.7 Å². The molecule has 0 bridgehead atoms. The third-order valence-electron chi connectivity index (χ3n) is 4.83. The second-order valence-corrected chi connectivity index (χ2v) is 9.11. The molecule has 0 unspecified atom stereocenters. The van der Waals surface area contributed by atoms with Crippen molar-refractivity contribution in [3.63, 3.8) is 0 Å². The summed E-state index contributed by atoms with van der Waals surface area (Å²) < 4.78 is 37.7. The maximum Gasteiger partial charge on any atom is 0.258 e. The Balaban J connectivity index is 1.63. The molecule has 27 heavy (non-hydrogen) atoms. The molecule has 1 saturated heterocycles. The average molecular weight is 417 g/mol. The van der Waals surface area contributed by atoms with Gasteiger partial charge in [-0.05, 0) is 25.0 Å². The first-order chi connectivity index (χ1) is 13.0. The number of amides is 1. The smallest absolute Gasteiger partial charge is 0.258 e. The number of sulfonamides is 1. The van der Waals surface area contributed by atoms with Crippen molar-refractivity contribution in [3.05, 3.63) is 23.2 Å². The van der Waals surface area contributed by atoms with E-state index in [0.29, 0.717) is 19.0 Å². The number of benzene rings is 1. The van der Waals surface area contributed by atoms with Crippen LogP contribution in [0, 0.1) is 0 Å². The third kappa shape index (κ3) is 5.34. The van der Waals surface area contributed by atoms with E-state index < -0.39 is 10.0 Å². The summed E-state index contributed by atoms with van der Waals surface area (Å²) in [7, 11) is -3.74. The van der Waals surface area contributed by atoms with Gasteiger partial charge in [0.1, 0.15) is 10.6 Å². The van der Waals surface area contributed by atoms with Crippen LogP contribution in [0.3, 0.4) is 0 Å². The number of hydrogen-bond acceptors (Lipinski definition) is 5. The standard InChI is InChI=1S/C18H25ClN2O5S/c19-16-7-6-15(26-13-18(22)20-14-4-2-1-3-5-14)12-17(16)27(23,24)21-8-10-25-11-9-21/h6-7,12,14H,1-5,8-11,13H2,(H,20,22). The molecule has 1 N–H and O–H groups in total. The van der Waals surface area contributed by atoms with Gasteiger partial charge in [-0.3, -0.25) is 4.79 Å². The number of carbonyl (C=O) groups excluding carboxylic acids is 1. The molecule has 150 valence electrons. The molecule has 9 heteroatoms. The first kappa shape index (κ1) is 20.4. The van der Waals surface area contributed by atoms with Gasteiger partial charge in [0.05, 0.1) is 18.2 Å². The lowest BCUT2D eigenvalue weighted by molar-refractivity contribution is -0.124. The number of carbonyl (C=O) groups is 1. The molecule has 0 spiro atoms. The SMILES string of the molecule is O=C(COc1ccc(Cl)c(S(=O)(=O)N2CCOCC2)c1)NC1CCCCC1. The molecular formula is C18H25ClN2O5S. The van der Waals surface area contributed by atoms with E-state index in [4.69, 9.17) is 21.1 Å². The first-order valence-electron chi connectivity index (χ1n) is 9.26. The van der Waals surface area contributed by atoms with Gasteiger partial charge in [0.15, 0.2) is 6.61 Å². The molecule has 1 aliphatic heterocycles. The van der Waals surface area contributed by atoms with Gasteiger partial charge in [-0.1, -0.05) is 30.9 Å². The Morgan fingerprint density at radius 3 is 2.63 bits per heavy atom. The summed E-state index contributed by atoms with van der Waals surface area (Å²) in [5.74, 6) is 0.0967. The zero-order valence-electron chi connectivity index (χ0n) is 15.2. The van der Waals surface area contributed by atoms with Crippen LogP contribution in [-0.4, -0.2) is 57.6 Å². The largest absolute Gasteiger partial charge is 0.484 e. The number of halogens is 1. The van der Waals surface area contributed by atoms with Crippen LogP contribution < -0.4 is 10.1 Å². The van der Waals surface area contributed by atoms with Gasteiger partial charge in [-0.15, -0.1) is 0 Å². The molecule has 0 atom stereocenters. The second kappa shape index (κ2) is 9.23. The summed E-state index contributed by atoms with van der Waals surface area (Å²) >= 11 is 6.12. The van der Waals surface area contributed by atoms with Crippen LogP contribution in [0.2, 0.25) is 5.02 Å². The summed E-state index contributed by atoms with van der Waals surface area (Å²) in [6.45, 7) is 1.12. The van der Waals surface area contributed by atoms with E-state index in [1.165, 1.54) is 22.9 Å². The molecule has 2 aliphatic rings. The Kier molecular flexibility index (Phi) is 6.97. The van der Waals surface area contributed by atoms with Gasteiger partial charge in [-0.2, -0.15) is 4.31 Å². The lowest BCUT2D eigenvalue weighted by Gasteiger charge is -2.26. The fourth-order valence-electron chi connectivity index (χ4n) is 3.36. The average Bonchev–Trinajstić information content (AvgIpc) is 2.68. The predicted molar refractivity (Wildman–Crippen MR) is 102 cm³/mol. The summed E-state index contributed by atoms with van der Waals surface area (Å²) in [5.41, 5.74) is 0. The molecule has 1 amide bonds. The Bertz CT molecular complexity index is 759. The number of nitrogens with zero attached hydrogens (tertiary/aromatic N) is 1.